The molecule has 2 aromatic carbocycles. The lowest BCUT2D eigenvalue weighted by molar-refractivity contribution is 0.0963. The molecule has 0 bridgehead atoms. The predicted octanol–water partition coefficient (Wildman–Crippen LogP) is 4.81. The third-order valence-corrected chi connectivity index (χ3v) is 7.67. The second kappa shape index (κ2) is 8.23. The number of rotatable bonds is 4. The molecule has 0 aliphatic carbocycles. The summed E-state index contributed by atoms with van der Waals surface area (Å²) in [5.41, 5.74) is 3.54. The molecule has 7 nitrogen and oxygen atoms in total. The smallest absolute Gasteiger partial charge is 0.269 e. The zero-order valence-corrected chi connectivity index (χ0v) is 19.9. The number of hydrogen-bond donors (Lipinski definition) is 1. The molecule has 3 heterocycles. The van der Waals surface area contributed by atoms with Gasteiger partial charge < -0.3 is 5.32 Å². The Morgan fingerprint density at radius 3 is 2.50 bits per heavy atom. The van der Waals surface area contributed by atoms with Crippen molar-refractivity contribution < 1.29 is 13.2 Å². The molecule has 5 aromatic rings. The topological polar surface area (TPSA) is 93.9 Å². The van der Waals surface area contributed by atoms with Gasteiger partial charge in [-0.3, -0.25) is 9.78 Å². The van der Waals surface area contributed by atoms with Crippen molar-refractivity contribution in [2.24, 2.45) is 0 Å². The van der Waals surface area contributed by atoms with Crippen molar-refractivity contribution in [1.82, 2.24) is 19.3 Å². The van der Waals surface area contributed by atoms with E-state index in [0.29, 0.717) is 21.5 Å². The number of fused-ring (bicyclic) bond motifs is 2. The van der Waals surface area contributed by atoms with Crippen LogP contribution in [0.2, 0.25) is 5.02 Å². The maximum atomic E-state index is 13.6. The summed E-state index contributed by atoms with van der Waals surface area (Å²) in [4.78, 5) is 21.1. The van der Waals surface area contributed by atoms with Crippen LogP contribution in [0, 0.1) is 6.92 Å². The number of halogens is 1. The quantitative estimate of drug-likeness (QED) is 0.390. The monoisotopic (exact) mass is 490 g/mol. The molecule has 3 aromatic heterocycles. The van der Waals surface area contributed by atoms with Crippen molar-refractivity contribution in [3.05, 3.63) is 89.3 Å². The first-order valence-electron chi connectivity index (χ1n) is 10.4. The van der Waals surface area contributed by atoms with Crippen molar-refractivity contribution >= 4 is 49.5 Å². The molecule has 5 rings (SSSR count). The molecule has 0 fully saturated rings. The van der Waals surface area contributed by atoms with Gasteiger partial charge in [-0.2, -0.15) is 0 Å². The molecule has 9 heteroatoms. The number of pyridine rings is 2. The lowest BCUT2D eigenvalue weighted by Crippen LogP contribution is -2.18. The summed E-state index contributed by atoms with van der Waals surface area (Å²) in [6, 6.07) is 15.5. The van der Waals surface area contributed by atoms with Gasteiger partial charge in [0, 0.05) is 42.0 Å². The van der Waals surface area contributed by atoms with Crippen LogP contribution in [-0.2, 0) is 10.0 Å². The first-order valence-corrected chi connectivity index (χ1v) is 12.2. The van der Waals surface area contributed by atoms with Crippen LogP contribution in [0.25, 0.3) is 33.1 Å². The lowest BCUT2D eigenvalue weighted by Gasteiger charge is -2.07. The zero-order chi connectivity index (χ0) is 24.0. The average Bonchev–Trinajstić information content (AvgIpc) is 3.23. The first kappa shape index (κ1) is 22.1. The Morgan fingerprint density at radius 2 is 1.76 bits per heavy atom. The van der Waals surface area contributed by atoms with Crippen LogP contribution in [0.15, 0.2) is 78.1 Å². The van der Waals surface area contributed by atoms with E-state index in [2.05, 4.69) is 15.3 Å². The molecule has 0 atom stereocenters. The Hall–Kier alpha value is -3.75. The van der Waals surface area contributed by atoms with Gasteiger partial charge in [0.15, 0.2) is 5.65 Å². The Balaban J connectivity index is 1.80. The number of hydrogen-bond acceptors (Lipinski definition) is 5. The van der Waals surface area contributed by atoms with Crippen LogP contribution in [0.3, 0.4) is 0 Å². The van der Waals surface area contributed by atoms with Crippen LogP contribution in [0.1, 0.15) is 15.9 Å². The highest BCUT2D eigenvalue weighted by atomic mass is 35.5. The van der Waals surface area contributed by atoms with Crippen molar-refractivity contribution in [1.29, 1.82) is 0 Å². The number of nitrogens with one attached hydrogen (secondary N) is 1. The number of benzene rings is 2. The molecule has 0 saturated carbocycles. The molecule has 1 N–H and O–H groups in total. The number of amides is 1. The predicted molar refractivity (Wildman–Crippen MR) is 133 cm³/mol. The second-order valence-electron chi connectivity index (χ2n) is 7.86. The highest BCUT2D eigenvalue weighted by Crippen LogP contribution is 2.35. The molecule has 0 saturated heterocycles. The summed E-state index contributed by atoms with van der Waals surface area (Å²) >= 11 is 6.38. The van der Waals surface area contributed by atoms with E-state index in [-0.39, 0.29) is 16.4 Å². The fourth-order valence-electron chi connectivity index (χ4n) is 3.87. The Morgan fingerprint density at radius 1 is 1.00 bits per heavy atom. The van der Waals surface area contributed by atoms with Gasteiger partial charge in [0.05, 0.1) is 21.0 Å². The maximum absolute atomic E-state index is 13.6. The van der Waals surface area contributed by atoms with Crippen LogP contribution in [-0.4, -0.2) is 35.3 Å². The third kappa shape index (κ3) is 3.61. The molecule has 0 unspecified atom stereocenters. The summed E-state index contributed by atoms with van der Waals surface area (Å²) < 4.78 is 28.3. The molecule has 0 spiro atoms. The van der Waals surface area contributed by atoms with Gasteiger partial charge in [-0.1, -0.05) is 35.4 Å². The third-order valence-electron chi connectivity index (χ3n) is 5.68. The molecule has 1 amide bonds. The standard InChI is InChI=1S/C25H19ClN4O3S/c1-15-3-6-18(7-4-15)34(32,33)30-14-21(19-12-17(25(31)27-2)13-29-24(19)30)16-5-8-23-20(11-16)22(26)9-10-28-23/h3-14H,1-2H3,(H,27,31). The molecule has 34 heavy (non-hydrogen) atoms. The van der Waals surface area contributed by atoms with Gasteiger partial charge in [-0.25, -0.2) is 17.4 Å². The number of nitrogens with zero attached hydrogens (tertiary/aromatic N) is 3. The normalized spacial score (nSPS) is 11.7. The summed E-state index contributed by atoms with van der Waals surface area (Å²) in [5.74, 6) is -0.319. The van der Waals surface area contributed by atoms with Gasteiger partial charge in [0.1, 0.15) is 0 Å². The number of carbonyl (C=O) groups excluding carboxylic acids is 1. The second-order valence-corrected chi connectivity index (χ2v) is 10.1. The largest absolute Gasteiger partial charge is 0.355 e. The van der Waals surface area contributed by atoms with Crippen molar-refractivity contribution in [2.45, 2.75) is 11.8 Å². The van der Waals surface area contributed by atoms with Crippen LogP contribution in [0.5, 0.6) is 0 Å². The van der Waals surface area contributed by atoms with E-state index >= 15 is 0 Å². The van der Waals surface area contributed by atoms with E-state index in [9.17, 15) is 13.2 Å². The summed E-state index contributed by atoms with van der Waals surface area (Å²) in [6.45, 7) is 1.89. The Bertz CT molecular complexity index is 1690. The minimum Gasteiger partial charge on any atom is -0.355 e. The van der Waals surface area contributed by atoms with Crippen LogP contribution in [0.4, 0.5) is 0 Å². The first-order chi connectivity index (χ1) is 16.3. The zero-order valence-electron chi connectivity index (χ0n) is 18.3. The van der Waals surface area contributed by atoms with Crippen LogP contribution < -0.4 is 5.32 Å². The average molecular weight is 491 g/mol. The SMILES string of the molecule is CNC(=O)c1cnc2c(c1)c(-c1ccc3nccc(Cl)c3c1)cn2S(=O)(=O)c1ccc(C)cc1. The summed E-state index contributed by atoms with van der Waals surface area (Å²) in [7, 11) is -2.42. The van der Waals surface area contributed by atoms with E-state index in [4.69, 9.17) is 11.6 Å². The minimum atomic E-state index is -3.94. The lowest BCUT2D eigenvalue weighted by atomic mass is 10.0. The van der Waals surface area contributed by atoms with Gasteiger partial charge in [-0.15, -0.1) is 0 Å². The van der Waals surface area contributed by atoms with E-state index in [1.54, 1.807) is 42.6 Å². The Kier molecular flexibility index (Phi) is 5.34. The van der Waals surface area contributed by atoms with Gasteiger partial charge in [0.2, 0.25) is 0 Å². The molecular weight excluding hydrogens is 472 g/mol. The number of carbonyl (C=O) groups is 1. The number of aryl methyl sites for hydroxylation is 1. The van der Waals surface area contributed by atoms with Crippen molar-refractivity contribution in [3.8, 4) is 11.1 Å². The van der Waals surface area contributed by atoms with Gasteiger partial charge in [-0.05, 0) is 48.9 Å². The van der Waals surface area contributed by atoms with Crippen molar-refractivity contribution in [2.75, 3.05) is 7.05 Å². The van der Waals surface area contributed by atoms with E-state index in [1.165, 1.54) is 19.4 Å². The molecule has 0 aliphatic rings. The van der Waals surface area contributed by atoms with E-state index in [0.717, 1.165) is 26.0 Å². The van der Waals surface area contributed by atoms with E-state index in [1.807, 2.05) is 25.1 Å². The molecule has 0 radical (unpaired) electrons. The van der Waals surface area contributed by atoms with Crippen molar-refractivity contribution in [3.63, 3.8) is 0 Å². The minimum absolute atomic E-state index is 0.143. The highest BCUT2D eigenvalue weighted by molar-refractivity contribution is 7.90. The maximum Gasteiger partial charge on any atom is 0.269 e. The summed E-state index contributed by atoms with van der Waals surface area (Å²) in [5, 5.41) is 4.37. The van der Waals surface area contributed by atoms with E-state index < -0.39 is 10.0 Å². The van der Waals surface area contributed by atoms with Gasteiger partial charge in [0.25, 0.3) is 15.9 Å². The highest BCUT2D eigenvalue weighted by Gasteiger charge is 2.24. The van der Waals surface area contributed by atoms with Crippen LogP contribution >= 0.6 is 11.6 Å². The van der Waals surface area contributed by atoms with Gasteiger partial charge >= 0.3 is 0 Å². The fourth-order valence-corrected chi connectivity index (χ4v) is 5.40. The molecule has 170 valence electrons. The number of aromatic nitrogens is 3. The molecule has 0 aliphatic heterocycles. The Labute approximate surface area is 201 Å². The molecular formula is C25H19ClN4O3S. The summed E-state index contributed by atoms with van der Waals surface area (Å²) in [6.07, 6.45) is 4.53. The fraction of sp³-hybridized carbons (Fsp3) is 0.0800.